The van der Waals surface area contributed by atoms with E-state index in [-0.39, 0.29) is 0 Å². The molecule has 0 amide bonds. The van der Waals surface area contributed by atoms with Crippen molar-refractivity contribution in [2.24, 2.45) is 11.8 Å². The summed E-state index contributed by atoms with van der Waals surface area (Å²) in [6.45, 7) is 10.2. The highest BCUT2D eigenvalue weighted by molar-refractivity contribution is 9.09. The molecule has 2 unspecified atom stereocenters. The Kier molecular flexibility index (Phi) is 25.9. The molecule has 4 N–H and O–H groups in total. The molecule has 2 atom stereocenters. The van der Waals surface area contributed by atoms with Gasteiger partial charge in [-0.25, -0.2) is 0 Å². The Hall–Kier alpha value is 0.880. The second kappa shape index (κ2) is 25.1. The van der Waals surface area contributed by atoms with E-state index >= 15 is 0 Å². The molecule has 4 heteroatoms. The monoisotopic (exact) mass is 540 g/mol. The fourth-order valence-corrected chi connectivity index (χ4v) is 5.00. The van der Waals surface area contributed by atoms with Crippen LogP contribution in [0.25, 0.3) is 0 Å². The summed E-state index contributed by atoms with van der Waals surface area (Å²) < 4.78 is 0. The molecule has 0 aromatic heterocycles. The zero-order chi connectivity index (χ0) is 21.4. The lowest BCUT2D eigenvalue weighted by molar-refractivity contribution is -0.661. The van der Waals surface area contributed by atoms with Gasteiger partial charge in [0.2, 0.25) is 0 Å². The zero-order valence-electron chi connectivity index (χ0n) is 19.9. The van der Waals surface area contributed by atoms with Crippen LogP contribution in [0, 0.1) is 11.8 Å². The van der Waals surface area contributed by atoms with Crippen molar-refractivity contribution in [2.45, 2.75) is 110 Å². The Morgan fingerprint density at radius 1 is 0.517 bits per heavy atom. The normalized spacial score (nSPS) is 13.7. The molecular weight excluding hydrogens is 488 g/mol. The standard InChI is InChI=1S/C25H52Br2N2/c1-3-24(22-28-20-13-9-6-5-7-11-18-26)16-15-17-25(4-2)23-29-21-14-10-8-12-19-27/h24-25,28-29H,3-23H2,1-2H3/p+2. The van der Waals surface area contributed by atoms with Crippen molar-refractivity contribution in [2.75, 3.05) is 36.8 Å². The number of quaternary nitrogens is 2. The number of nitrogens with two attached hydrogens (primary N) is 2. The van der Waals surface area contributed by atoms with Crippen molar-refractivity contribution in [3.8, 4) is 0 Å². The first-order valence-electron chi connectivity index (χ1n) is 13.0. The average Bonchev–Trinajstić information content (AvgIpc) is 2.74. The van der Waals surface area contributed by atoms with E-state index in [0.29, 0.717) is 0 Å². The zero-order valence-corrected chi connectivity index (χ0v) is 23.1. The second-order valence-corrected chi connectivity index (χ2v) is 10.6. The Labute approximate surface area is 200 Å². The fraction of sp³-hybridized carbons (Fsp3) is 1.00. The van der Waals surface area contributed by atoms with E-state index in [4.69, 9.17) is 0 Å². The van der Waals surface area contributed by atoms with Gasteiger partial charge >= 0.3 is 0 Å². The molecule has 0 heterocycles. The van der Waals surface area contributed by atoms with Crippen molar-refractivity contribution in [1.29, 1.82) is 0 Å². The molecule has 0 bridgehead atoms. The first kappa shape index (κ1) is 29.9. The first-order valence-corrected chi connectivity index (χ1v) is 15.3. The summed E-state index contributed by atoms with van der Waals surface area (Å²) in [7, 11) is 0. The van der Waals surface area contributed by atoms with Gasteiger partial charge < -0.3 is 10.6 Å². The van der Waals surface area contributed by atoms with Crippen LogP contribution in [0.15, 0.2) is 0 Å². The van der Waals surface area contributed by atoms with Gasteiger partial charge in [0.15, 0.2) is 0 Å². The molecule has 0 radical (unpaired) electrons. The number of unbranched alkanes of at least 4 members (excludes halogenated alkanes) is 8. The predicted molar refractivity (Wildman–Crippen MR) is 138 cm³/mol. The summed E-state index contributed by atoms with van der Waals surface area (Å²) in [6, 6.07) is 0. The van der Waals surface area contributed by atoms with Crippen LogP contribution < -0.4 is 10.6 Å². The van der Waals surface area contributed by atoms with Gasteiger partial charge in [0.25, 0.3) is 0 Å². The van der Waals surface area contributed by atoms with E-state index in [0.717, 1.165) is 11.8 Å². The summed E-state index contributed by atoms with van der Waals surface area (Å²) in [5.74, 6) is 1.87. The van der Waals surface area contributed by atoms with Gasteiger partial charge in [-0.15, -0.1) is 0 Å². The topological polar surface area (TPSA) is 33.2 Å². The van der Waals surface area contributed by atoms with Gasteiger partial charge in [-0.05, 0) is 64.2 Å². The molecule has 0 fully saturated rings. The maximum atomic E-state index is 3.52. The Balaban J connectivity index is 3.58. The number of rotatable bonds is 24. The summed E-state index contributed by atoms with van der Waals surface area (Å²) in [5, 5.41) is 7.54. The van der Waals surface area contributed by atoms with E-state index in [1.54, 1.807) is 0 Å². The summed E-state index contributed by atoms with van der Waals surface area (Å²) >= 11 is 7.04. The molecule has 0 aliphatic heterocycles. The van der Waals surface area contributed by atoms with Crippen molar-refractivity contribution < 1.29 is 10.6 Å². The SMILES string of the molecule is CCC(CCCC(CC)C[NH2+]CCCCCCCCBr)C[NH2+]CCCCCCBr. The van der Waals surface area contributed by atoms with E-state index in [1.807, 2.05) is 0 Å². The highest BCUT2D eigenvalue weighted by Crippen LogP contribution is 2.16. The van der Waals surface area contributed by atoms with Gasteiger partial charge in [0, 0.05) is 22.5 Å². The molecule has 2 nitrogen and oxygen atoms in total. The third kappa shape index (κ3) is 21.9. The van der Waals surface area contributed by atoms with E-state index < -0.39 is 0 Å². The van der Waals surface area contributed by atoms with Crippen LogP contribution in [0.4, 0.5) is 0 Å². The lowest BCUT2D eigenvalue weighted by Gasteiger charge is -2.17. The van der Waals surface area contributed by atoms with Crippen LogP contribution in [-0.4, -0.2) is 36.8 Å². The van der Waals surface area contributed by atoms with E-state index in [9.17, 15) is 0 Å². The van der Waals surface area contributed by atoms with Crippen molar-refractivity contribution in [3.63, 3.8) is 0 Å². The van der Waals surface area contributed by atoms with Crippen molar-refractivity contribution >= 4 is 31.9 Å². The largest absolute Gasteiger partial charge is 0.346 e. The van der Waals surface area contributed by atoms with Crippen LogP contribution in [0.1, 0.15) is 110 Å². The van der Waals surface area contributed by atoms with Crippen LogP contribution in [0.3, 0.4) is 0 Å². The molecule has 0 aromatic rings. The minimum atomic E-state index is 0.934. The summed E-state index contributed by atoms with van der Waals surface area (Å²) in [4.78, 5) is 0. The molecule has 0 aliphatic rings. The fourth-order valence-electron chi connectivity index (χ4n) is 4.21. The first-order chi connectivity index (χ1) is 14.3. The van der Waals surface area contributed by atoms with Gasteiger partial charge in [-0.1, -0.05) is 77.8 Å². The lowest BCUT2D eigenvalue weighted by Crippen LogP contribution is -2.85. The van der Waals surface area contributed by atoms with Gasteiger partial charge in [0.1, 0.15) is 0 Å². The molecule has 176 valence electrons. The quantitative estimate of drug-likeness (QED) is 0.110. The van der Waals surface area contributed by atoms with Crippen LogP contribution in [0.2, 0.25) is 0 Å². The van der Waals surface area contributed by atoms with Gasteiger partial charge in [0.05, 0.1) is 26.2 Å². The molecule has 0 saturated carbocycles. The number of alkyl halides is 2. The second-order valence-electron chi connectivity index (χ2n) is 9.02. The lowest BCUT2D eigenvalue weighted by atomic mass is 9.93. The Bertz CT molecular complexity index is 303. The maximum Gasteiger partial charge on any atom is 0.0783 e. The van der Waals surface area contributed by atoms with Gasteiger partial charge in [-0.2, -0.15) is 0 Å². The third-order valence-electron chi connectivity index (χ3n) is 6.46. The minimum absolute atomic E-state index is 0.934. The maximum absolute atomic E-state index is 3.52. The minimum Gasteiger partial charge on any atom is -0.346 e. The van der Waals surface area contributed by atoms with Crippen LogP contribution >= 0.6 is 31.9 Å². The van der Waals surface area contributed by atoms with Crippen LogP contribution in [-0.2, 0) is 0 Å². The van der Waals surface area contributed by atoms with E-state index in [1.165, 1.54) is 133 Å². The summed E-state index contributed by atoms with van der Waals surface area (Å²) in [6.07, 6.45) is 21.0. The van der Waals surface area contributed by atoms with Crippen molar-refractivity contribution in [3.05, 3.63) is 0 Å². The number of hydrogen-bond acceptors (Lipinski definition) is 0. The molecule has 0 aromatic carbocycles. The molecule has 0 rings (SSSR count). The van der Waals surface area contributed by atoms with Crippen LogP contribution in [0.5, 0.6) is 0 Å². The smallest absolute Gasteiger partial charge is 0.0783 e. The predicted octanol–water partition coefficient (Wildman–Crippen LogP) is 6.03. The number of hydrogen-bond donors (Lipinski definition) is 2. The average molecular weight is 543 g/mol. The van der Waals surface area contributed by atoms with E-state index in [2.05, 4.69) is 56.3 Å². The Morgan fingerprint density at radius 3 is 1.28 bits per heavy atom. The molecular formula is C25H54Br2N2+2. The summed E-state index contributed by atoms with van der Waals surface area (Å²) in [5.41, 5.74) is 0. The molecule has 0 aliphatic carbocycles. The highest BCUT2D eigenvalue weighted by atomic mass is 79.9. The Morgan fingerprint density at radius 2 is 0.897 bits per heavy atom. The third-order valence-corrected chi connectivity index (χ3v) is 7.58. The van der Waals surface area contributed by atoms with Gasteiger partial charge in [-0.3, -0.25) is 0 Å². The number of halogens is 2. The van der Waals surface area contributed by atoms with Crippen molar-refractivity contribution in [1.82, 2.24) is 0 Å². The molecule has 0 spiro atoms. The highest BCUT2D eigenvalue weighted by Gasteiger charge is 2.12. The molecule has 29 heavy (non-hydrogen) atoms. The molecule has 0 saturated heterocycles.